The predicted octanol–water partition coefficient (Wildman–Crippen LogP) is 4.67. The molecule has 2 heterocycles. The Bertz CT molecular complexity index is 1160. The monoisotopic (exact) mass is 477 g/mol. The number of rotatable bonds is 7. The quantitative estimate of drug-likeness (QED) is 0.462. The number of aryl methyl sites for hydroxylation is 2. The fourth-order valence-corrected chi connectivity index (χ4v) is 4.26. The summed E-state index contributed by atoms with van der Waals surface area (Å²) < 4.78 is 4.68. The fraction of sp³-hybridized carbons (Fsp3) is 0.333. The Labute approximate surface area is 204 Å². The van der Waals surface area contributed by atoms with Crippen molar-refractivity contribution in [3.63, 3.8) is 0 Å². The van der Waals surface area contributed by atoms with Crippen LogP contribution in [0, 0.1) is 5.92 Å². The molecular weight excluding hydrogens is 450 g/mol. The Balaban J connectivity index is 1.38. The van der Waals surface area contributed by atoms with Gasteiger partial charge in [-0.15, -0.1) is 0 Å². The zero-order valence-corrected chi connectivity index (χ0v) is 20.2. The molecule has 0 aliphatic carbocycles. The van der Waals surface area contributed by atoms with Crippen molar-refractivity contribution in [1.82, 2.24) is 14.9 Å². The van der Waals surface area contributed by atoms with E-state index in [0.717, 1.165) is 34.7 Å². The molecule has 1 aromatic heterocycles. The van der Waals surface area contributed by atoms with Gasteiger partial charge >= 0.3 is 5.97 Å². The van der Waals surface area contributed by atoms with Crippen LogP contribution >= 0.6 is 11.6 Å². The van der Waals surface area contributed by atoms with Crippen molar-refractivity contribution >= 4 is 23.5 Å². The molecule has 0 saturated heterocycles. The van der Waals surface area contributed by atoms with Gasteiger partial charge in [-0.2, -0.15) is 0 Å². The van der Waals surface area contributed by atoms with E-state index in [1.807, 2.05) is 18.3 Å². The molecule has 0 saturated carbocycles. The van der Waals surface area contributed by atoms with Gasteiger partial charge in [-0.1, -0.05) is 54.9 Å². The van der Waals surface area contributed by atoms with Gasteiger partial charge in [0.05, 0.1) is 19.2 Å². The van der Waals surface area contributed by atoms with Crippen LogP contribution < -0.4 is 0 Å². The largest absolute Gasteiger partial charge is 0.469 e. The van der Waals surface area contributed by atoms with E-state index in [9.17, 15) is 9.59 Å². The number of esters is 1. The highest BCUT2D eigenvalue weighted by molar-refractivity contribution is 6.30. The van der Waals surface area contributed by atoms with E-state index in [4.69, 9.17) is 16.6 Å². The highest BCUT2D eigenvalue weighted by Crippen LogP contribution is 2.23. The Hall–Kier alpha value is -3.25. The van der Waals surface area contributed by atoms with Gasteiger partial charge in [0.15, 0.2) is 5.82 Å². The molecule has 1 amide bonds. The van der Waals surface area contributed by atoms with Gasteiger partial charge in [0.1, 0.15) is 0 Å². The minimum atomic E-state index is -0.410. The lowest BCUT2D eigenvalue weighted by molar-refractivity contribution is -0.146. The third kappa shape index (κ3) is 5.81. The Morgan fingerprint density at radius 1 is 1.06 bits per heavy atom. The molecule has 7 heteroatoms. The number of benzene rings is 2. The van der Waals surface area contributed by atoms with E-state index in [1.165, 1.54) is 18.2 Å². The summed E-state index contributed by atoms with van der Waals surface area (Å²) >= 11 is 5.96. The summed E-state index contributed by atoms with van der Waals surface area (Å²) in [5, 5.41) is 0.755. The number of nitrogens with zero attached hydrogens (tertiary/aromatic N) is 3. The second-order valence-corrected chi connectivity index (χ2v) is 9.12. The Morgan fingerprint density at radius 2 is 1.71 bits per heavy atom. The lowest BCUT2D eigenvalue weighted by Crippen LogP contribution is -2.40. The van der Waals surface area contributed by atoms with E-state index in [1.54, 1.807) is 11.8 Å². The molecule has 0 spiro atoms. The lowest BCUT2D eigenvalue weighted by atomic mass is 10.0. The predicted molar refractivity (Wildman–Crippen MR) is 131 cm³/mol. The van der Waals surface area contributed by atoms with Crippen LogP contribution in [0.3, 0.4) is 0 Å². The second-order valence-electron chi connectivity index (χ2n) is 8.68. The normalized spacial score (nSPS) is 13.8. The number of fused-ring (bicyclic) bond motifs is 1. The van der Waals surface area contributed by atoms with E-state index >= 15 is 0 Å². The molecule has 0 fully saturated rings. The van der Waals surface area contributed by atoms with Crippen LogP contribution in [-0.4, -0.2) is 40.4 Å². The summed E-state index contributed by atoms with van der Waals surface area (Å²) in [6.45, 7) is 2.80. The average Bonchev–Trinajstić information content (AvgIpc) is 2.87. The van der Waals surface area contributed by atoms with Gasteiger partial charge < -0.3 is 9.64 Å². The van der Waals surface area contributed by atoms with E-state index < -0.39 is 5.92 Å². The number of hydrogen-bond donors (Lipinski definition) is 0. The minimum Gasteiger partial charge on any atom is -0.469 e. The molecule has 4 rings (SSSR count). The number of hydrogen-bond acceptors (Lipinski definition) is 5. The van der Waals surface area contributed by atoms with Crippen molar-refractivity contribution in [2.24, 2.45) is 5.92 Å². The summed E-state index contributed by atoms with van der Waals surface area (Å²) in [5.74, 6) is -0.134. The number of ether oxygens (including phenoxy) is 1. The van der Waals surface area contributed by atoms with Gasteiger partial charge in [0.25, 0.3) is 0 Å². The van der Waals surface area contributed by atoms with Gasteiger partial charge in [-0.05, 0) is 36.1 Å². The lowest BCUT2D eigenvalue weighted by Gasteiger charge is -2.30. The first-order valence-electron chi connectivity index (χ1n) is 11.5. The van der Waals surface area contributed by atoms with Crippen molar-refractivity contribution in [2.45, 2.75) is 39.2 Å². The van der Waals surface area contributed by atoms with Crippen LogP contribution in [0.15, 0.2) is 54.7 Å². The summed E-state index contributed by atoms with van der Waals surface area (Å²) in [7, 11) is 1.33. The number of methoxy groups -OCH3 is 1. The van der Waals surface area contributed by atoms with Crippen molar-refractivity contribution in [2.75, 3.05) is 13.7 Å². The van der Waals surface area contributed by atoms with Gasteiger partial charge in [-0.3, -0.25) is 9.59 Å². The Kier molecular flexibility index (Phi) is 7.58. The molecule has 2 aromatic carbocycles. The molecule has 0 radical (unpaired) electrons. The molecule has 0 N–H and O–H groups in total. The molecule has 1 atom stereocenters. The van der Waals surface area contributed by atoms with E-state index in [0.29, 0.717) is 25.3 Å². The summed E-state index contributed by atoms with van der Waals surface area (Å²) in [6.07, 6.45) is 4.48. The number of carbonyl (C=O) groups is 2. The summed E-state index contributed by atoms with van der Waals surface area (Å²) in [4.78, 5) is 35.3. The maximum absolute atomic E-state index is 12.7. The standard InChI is InChI=1S/C27H28ClN3O3/c1-18(15-25(32)34-2)27(33)31-14-13-24-22(17-31)16-29-26(30-24)21-9-5-19(6-10-21)3-4-20-7-11-23(28)12-8-20/h5-12,16,18H,3-4,13-15,17H2,1-2H3/t18-/m1/s1. The van der Waals surface area contributed by atoms with Crippen LogP contribution in [0.1, 0.15) is 35.7 Å². The first kappa shape index (κ1) is 23.9. The van der Waals surface area contributed by atoms with Crippen molar-refractivity contribution in [3.05, 3.63) is 82.1 Å². The van der Waals surface area contributed by atoms with E-state index in [2.05, 4.69) is 46.1 Å². The van der Waals surface area contributed by atoms with Gasteiger partial charge in [-0.25, -0.2) is 9.97 Å². The molecule has 6 nitrogen and oxygen atoms in total. The first-order chi connectivity index (χ1) is 16.4. The molecule has 34 heavy (non-hydrogen) atoms. The van der Waals surface area contributed by atoms with Crippen LogP contribution in [-0.2, 0) is 40.1 Å². The van der Waals surface area contributed by atoms with Crippen LogP contribution in [0.4, 0.5) is 0 Å². The van der Waals surface area contributed by atoms with Gasteiger partial charge in [0, 0.05) is 47.8 Å². The summed E-state index contributed by atoms with van der Waals surface area (Å²) in [5.41, 5.74) is 5.42. The maximum Gasteiger partial charge on any atom is 0.306 e. The number of halogens is 1. The highest BCUT2D eigenvalue weighted by atomic mass is 35.5. The number of amides is 1. The molecule has 1 aliphatic heterocycles. The SMILES string of the molecule is COC(=O)C[C@@H](C)C(=O)N1CCc2nc(-c3ccc(CCc4ccc(Cl)cc4)cc3)ncc2C1. The highest BCUT2D eigenvalue weighted by Gasteiger charge is 2.27. The topological polar surface area (TPSA) is 72.4 Å². The van der Waals surface area contributed by atoms with Crippen LogP contribution in [0.2, 0.25) is 5.02 Å². The molecule has 1 aliphatic rings. The molecule has 0 bridgehead atoms. The van der Waals surface area contributed by atoms with Crippen molar-refractivity contribution < 1.29 is 14.3 Å². The van der Waals surface area contributed by atoms with Crippen molar-refractivity contribution in [3.8, 4) is 11.4 Å². The van der Waals surface area contributed by atoms with Crippen LogP contribution in [0.25, 0.3) is 11.4 Å². The average molecular weight is 478 g/mol. The third-order valence-corrected chi connectivity index (χ3v) is 6.45. The second kappa shape index (κ2) is 10.8. The Morgan fingerprint density at radius 3 is 2.35 bits per heavy atom. The molecule has 3 aromatic rings. The first-order valence-corrected chi connectivity index (χ1v) is 11.8. The fourth-order valence-electron chi connectivity index (χ4n) is 4.14. The minimum absolute atomic E-state index is 0.0469. The molecule has 0 unspecified atom stereocenters. The zero-order valence-electron chi connectivity index (χ0n) is 19.5. The zero-order chi connectivity index (χ0) is 24.1. The summed E-state index contributed by atoms with van der Waals surface area (Å²) in [6, 6.07) is 16.3. The van der Waals surface area contributed by atoms with Crippen LogP contribution in [0.5, 0.6) is 0 Å². The third-order valence-electron chi connectivity index (χ3n) is 6.20. The van der Waals surface area contributed by atoms with Crippen molar-refractivity contribution in [1.29, 1.82) is 0 Å². The smallest absolute Gasteiger partial charge is 0.306 e. The number of carbonyl (C=O) groups excluding carboxylic acids is 2. The molecular formula is C27H28ClN3O3. The molecule has 176 valence electrons. The number of aromatic nitrogens is 2. The van der Waals surface area contributed by atoms with E-state index in [-0.39, 0.29) is 18.3 Å². The van der Waals surface area contributed by atoms with Gasteiger partial charge in [0.2, 0.25) is 5.91 Å². The maximum atomic E-state index is 12.7.